The number of methoxy groups -OCH3 is 1. The van der Waals surface area contributed by atoms with Crippen molar-refractivity contribution in [2.75, 3.05) is 7.11 Å². The molecule has 0 aliphatic heterocycles. The van der Waals surface area contributed by atoms with E-state index in [9.17, 15) is 39.5 Å². The minimum Gasteiger partial charge on any atom is -0.506 e. The topological polar surface area (TPSA) is 197 Å². The van der Waals surface area contributed by atoms with Gasteiger partial charge >= 0.3 is 0 Å². The Labute approximate surface area is 194 Å². The molecule has 0 unspecified atom stereocenters. The Hall–Kier alpha value is -3.37. The van der Waals surface area contributed by atoms with Crippen LogP contribution in [0.25, 0.3) is 10.8 Å². The predicted octanol–water partition coefficient (Wildman–Crippen LogP) is 3.38. The van der Waals surface area contributed by atoms with Crippen LogP contribution in [-0.4, -0.2) is 46.6 Å². The Morgan fingerprint density at radius 3 is 2.12 bits per heavy atom. The molecule has 0 heterocycles. The zero-order chi connectivity index (χ0) is 25.5. The lowest BCUT2D eigenvalue weighted by atomic mass is 10.1. The van der Waals surface area contributed by atoms with Crippen LogP contribution in [0.1, 0.15) is 0 Å². The first-order chi connectivity index (χ1) is 15.7. The van der Waals surface area contributed by atoms with Gasteiger partial charge in [0.05, 0.1) is 16.9 Å². The average Bonchev–Trinajstić information content (AvgIpc) is 2.76. The van der Waals surface area contributed by atoms with E-state index in [1.807, 2.05) is 0 Å². The Kier molecular flexibility index (Phi) is 6.51. The third-order valence-corrected chi connectivity index (χ3v) is 7.60. The van der Waals surface area contributed by atoms with Crippen molar-refractivity contribution in [2.45, 2.75) is 14.7 Å². The van der Waals surface area contributed by atoms with Crippen molar-refractivity contribution in [3.05, 3.63) is 54.5 Å². The van der Waals surface area contributed by atoms with E-state index in [4.69, 9.17) is 4.74 Å². The van der Waals surface area contributed by atoms with Crippen LogP contribution in [0.4, 0.5) is 11.4 Å². The van der Waals surface area contributed by atoms with E-state index in [-0.39, 0.29) is 21.7 Å². The highest BCUT2D eigenvalue weighted by Crippen LogP contribution is 2.42. The number of hydrogen-bond donors (Lipinski definition) is 3. The third kappa shape index (κ3) is 4.92. The second-order valence-electron chi connectivity index (χ2n) is 6.65. The van der Waals surface area contributed by atoms with Crippen LogP contribution in [0.15, 0.2) is 79.4 Å². The lowest BCUT2D eigenvalue weighted by Crippen LogP contribution is -2.04. The number of phenolic OH excluding ortho intramolecular Hbond substituents is 1. The molecule has 180 valence electrons. The number of rotatable bonds is 7. The summed E-state index contributed by atoms with van der Waals surface area (Å²) in [6, 6.07) is 7.19. The number of phenols is 1. The maximum atomic E-state index is 12.1. The van der Waals surface area contributed by atoms with Gasteiger partial charge in [-0.2, -0.15) is 16.8 Å². The Morgan fingerprint density at radius 1 is 0.882 bits per heavy atom. The quantitative estimate of drug-likeness (QED) is 0.302. The van der Waals surface area contributed by atoms with E-state index < -0.39 is 56.7 Å². The lowest BCUT2D eigenvalue weighted by molar-refractivity contribution is 0.415. The largest absolute Gasteiger partial charge is 0.506 e. The van der Waals surface area contributed by atoms with Gasteiger partial charge < -0.3 is 9.84 Å². The SMILES string of the molecule is C=CS(=O)(=O)c1ccc(OC)c(/N=N/c2c(O)ccc3cc(S(=O)(=O)O)cc(S(=O)(=O)O)c23)c1. The van der Waals surface area contributed by atoms with Crippen molar-refractivity contribution in [2.24, 2.45) is 10.2 Å². The molecule has 0 amide bonds. The Morgan fingerprint density at radius 2 is 1.56 bits per heavy atom. The first-order valence-corrected chi connectivity index (χ1v) is 13.3. The number of azo groups is 1. The smallest absolute Gasteiger partial charge is 0.295 e. The summed E-state index contributed by atoms with van der Waals surface area (Å²) in [5, 5.41) is 18.2. The van der Waals surface area contributed by atoms with Crippen LogP contribution in [0.5, 0.6) is 11.5 Å². The van der Waals surface area contributed by atoms with Gasteiger partial charge in [0.2, 0.25) is 0 Å². The summed E-state index contributed by atoms with van der Waals surface area (Å²) in [5.41, 5.74) is -0.615. The molecule has 34 heavy (non-hydrogen) atoms. The summed E-state index contributed by atoms with van der Waals surface area (Å²) in [5.74, 6) is -0.523. The van der Waals surface area contributed by atoms with Crippen molar-refractivity contribution in [1.82, 2.24) is 0 Å². The van der Waals surface area contributed by atoms with Crippen molar-refractivity contribution in [3.63, 3.8) is 0 Å². The predicted molar refractivity (Wildman–Crippen MR) is 120 cm³/mol. The number of hydrogen-bond acceptors (Lipinski definition) is 10. The van der Waals surface area contributed by atoms with Crippen molar-refractivity contribution in [3.8, 4) is 11.5 Å². The fourth-order valence-electron chi connectivity index (χ4n) is 2.95. The second-order valence-corrected chi connectivity index (χ2v) is 11.4. The molecule has 0 saturated heterocycles. The van der Waals surface area contributed by atoms with Gasteiger partial charge in [0, 0.05) is 10.8 Å². The molecule has 0 bridgehead atoms. The van der Waals surface area contributed by atoms with Crippen LogP contribution in [0, 0.1) is 0 Å². The molecule has 0 aromatic heterocycles. The lowest BCUT2D eigenvalue weighted by Gasteiger charge is -2.10. The van der Waals surface area contributed by atoms with Crippen LogP contribution >= 0.6 is 0 Å². The molecule has 3 N–H and O–H groups in total. The maximum Gasteiger partial charge on any atom is 0.295 e. The molecule has 0 saturated carbocycles. The summed E-state index contributed by atoms with van der Waals surface area (Å²) in [6.45, 7) is 3.23. The van der Waals surface area contributed by atoms with Crippen molar-refractivity contribution >= 4 is 52.2 Å². The highest BCUT2D eigenvalue weighted by molar-refractivity contribution is 7.94. The highest BCUT2D eigenvalue weighted by atomic mass is 32.2. The van der Waals surface area contributed by atoms with Gasteiger partial charge in [-0.15, -0.1) is 10.2 Å². The number of nitrogens with zero attached hydrogens (tertiary/aromatic N) is 2. The molecule has 0 radical (unpaired) electrons. The van der Waals surface area contributed by atoms with Crippen LogP contribution in [0.2, 0.25) is 0 Å². The van der Waals surface area contributed by atoms with E-state index in [0.717, 1.165) is 29.7 Å². The molecule has 0 aliphatic rings. The zero-order valence-electron chi connectivity index (χ0n) is 17.1. The maximum absolute atomic E-state index is 12.1. The fourth-order valence-corrected chi connectivity index (χ4v) is 5.04. The molecule has 15 heteroatoms. The first kappa shape index (κ1) is 25.3. The van der Waals surface area contributed by atoms with Gasteiger partial charge in [-0.25, -0.2) is 8.42 Å². The van der Waals surface area contributed by atoms with Gasteiger partial charge in [0.1, 0.15) is 27.8 Å². The Bertz CT molecular complexity index is 1680. The van der Waals surface area contributed by atoms with Gasteiger partial charge in [0.25, 0.3) is 20.2 Å². The molecular weight excluding hydrogens is 512 g/mol. The minimum absolute atomic E-state index is 0.0788. The summed E-state index contributed by atoms with van der Waals surface area (Å²) >= 11 is 0. The van der Waals surface area contributed by atoms with Crippen molar-refractivity contribution < 1.29 is 44.2 Å². The molecular formula is C19H16N2O10S3. The number of aromatic hydroxyl groups is 1. The summed E-state index contributed by atoms with van der Waals surface area (Å²) < 4.78 is 95.3. The third-order valence-electron chi connectivity index (χ3n) is 4.54. The fraction of sp³-hybridized carbons (Fsp3) is 0.0526. The van der Waals surface area contributed by atoms with Crippen LogP contribution in [-0.2, 0) is 30.1 Å². The van der Waals surface area contributed by atoms with Gasteiger partial charge in [-0.3, -0.25) is 9.11 Å². The van der Waals surface area contributed by atoms with E-state index in [2.05, 4.69) is 16.8 Å². The molecule has 3 aromatic rings. The second kappa shape index (κ2) is 8.77. The number of fused-ring (bicyclic) bond motifs is 1. The van der Waals surface area contributed by atoms with Crippen molar-refractivity contribution in [1.29, 1.82) is 0 Å². The number of ether oxygens (including phenoxy) is 1. The highest BCUT2D eigenvalue weighted by Gasteiger charge is 2.24. The number of sulfone groups is 1. The van der Waals surface area contributed by atoms with Crippen LogP contribution < -0.4 is 4.74 Å². The Balaban J connectivity index is 2.35. The first-order valence-electron chi connectivity index (χ1n) is 8.91. The average molecular weight is 529 g/mol. The van der Waals surface area contributed by atoms with E-state index >= 15 is 0 Å². The molecule has 0 fully saturated rings. The standard InChI is InChI=1S/C19H16N2O10S3/c1-3-32(23,24)12-5-7-16(31-2)14(9-12)20-21-19-15(22)6-4-11-8-13(33(25,26)27)10-17(18(11)19)34(28,29)30/h3-10,22H,1H2,2H3,(H,25,26,27)(H,28,29,30)/b21-20+. The molecule has 0 atom stereocenters. The summed E-state index contributed by atoms with van der Waals surface area (Å²) in [7, 11) is -12.5. The monoisotopic (exact) mass is 528 g/mol. The number of benzene rings is 3. The summed E-state index contributed by atoms with van der Waals surface area (Å²) in [4.78, 5) is -2.00. The van der Waals surface area contributed by atoms with Crippen LogP contribution in [0.3, 0.4) is 0 Å². The van der Waals surface area contributed by atoms with E-state index in [0.29, 0.717) is 6.07 Å². The molecule has 12 nitrogen and oxygen atoms in total. The van der Waals surface area contributed by atoms with Gasteiger partial charge in [-0.05, 0) is 41.8 Å². The van der Waals surface area contributed by atoms with Gasteiger partial charge in [-0.1, -0.05) is 12.6 Å². The van der Waals surface area contributed by atoms with E-state index in [1.54, 1.807) is 0 Å². The molecule has 3 aromatic carbocycles. The molecule has 0 spiro atoms. The van der Waals surface area contributed by atoms with Gasteiger partial charge in [0.15, 0.2) is 9.84 Å². The molecule has 0 aliphatic carbocycles. The molecule has 3 rings (SSSR count). The normalized spacial score (nSPS) is 12.8. The zero-order valence-corrected chi connectivity index (χ0v) is 19.6. The summed E-state index contributed by atoms with van der Waals surface area (Å²) in [6.07, 6.45) is 0. The minimum atomic E-state index is -5.08. The van der Waals surface area contributed by atoms with E-state index in [1.165, 1.54) is 19.2 Å².